The highest BCUT2D eigenvalue weighted by Gasteiger charge is 2.16. The molecule has 0 aliphatic heterocycles. The monoisotopic (exact) mass is 357 g/mol. The molecule has 1 N–H and O–H groups in total. The van der Waals surface area contributed by atoms with Crippen molar-refractivity contribution < 1.29 is 0 Å². The van der Waals surface area contributed by atoms with Crippen LogP contribution >= 0.6 is 39.1 Å². The second-order valence-electron chi connectivity index (χ2n) is 4.40. The average Bonchev–Trinajstić information content (AvgIpc) is 2.38. The lowest BCUT2D eigenvalue weighted by atomic mass is 9.98. The van der Waals surface area contributed by atoms with E-state index in [0.29, 0.717) is 10.0 Å². The van der Waals surface area contributed by atoms with E-state index in [2.05, 4.69) is 46.4 Å². The number of hydrogen-bond donors (Lipinski definition) is 1. The quantitative estimate of drug-likeness (QED) is 0.777. The summed E-state index contributed by atoms with van der Waals surface area (Å²) in [6.45, 7) is 2.06. The van der Waals surface area contributed by atoms with Crippen molar-refractivity contribution in [3.63, 3.8) is 0 Å². The van der Waals surface area contributed by atoms with Gasteiger partial charge in [-0.05, 0) is 54.9 Å². The van der Waals surface area contributed by atoms with Gasteiger partial charge in [0.05, 0.1) is 6.04 Å². The van der Waals surface area contributed by atoms with Gasteiger partial charge in [-0.25, -0.2) is 0 Å². The first-order valence-corrected chi connectivity index (χ1v) is 7.46. The lowest BCUT2D eigenvalue weighted by molar-refractivity contribution is 0.691. The van der Waals surface area contributed by atoms with Crippen LogP contribution < -0.4 is 5.32 Å². The fourth-order valence-electron chi connectivity index (χ4n) is 2.03. The van der Waals surface area contributed by atoms with Crippen LogP contribution in [0, 0.1) is 6.92 Å². The Labute approximate surface area is 132 Å². The van der Waals surface area contributed by atoms with Crippen LogP contribution in [0.4, 0.5) is 0 Å². The number of rotatable bonds is 3. The normalized spacial score (nSPS) is 12.5. The molecule has 2 aromatic carbocycles. The number of nitrogens with one attached hydrogen (secondary N) is 1. The molecule has 0 heterocycles. The third kappa shape index (κ3) is 3.32. The zero-order valence-corrected chi connectivity index (χ0v) is 13.8. The molecule has 2 aromatic rings. The molecule has 0 saturated carbocycles. The van der Waals surface area contributed by atoms with Gasteiger partial charge >= 0.3 is 0 Å². The van der Waals surface area contributed by atoms with Crippen LogP contribution in [-0.4, -0.2) is 7.05 Å². The molecule has 0 spiro atoms. The molecule has 0 saturated heterocycles. The summed E-state index contributed by atoms with van der Waals surface area (Å²) < 4.78 is 1.09. The summed E-state index contributed by atoms with van der Waals surface area (Å²) in [6.07, 6.45) is 0. The van der Waals surface area contributed by atoms with Gasteiger partial charge in [-0.1, -0.05) is 51.3 Å². The van der Waals surface area contributed by atoms with Gasteiger partial charge in [0.1, 0.15) is 0 Å². The molecule has 0 amide bonds. The first-order valence-electron chi connectivity index (χ1n) is 5.91. The molecular formula is C15H14BrCl2N. The Kier molecular flexibility index (Phi) is 4.91. The Hall–Kier alpha value is -0.540. The minimum Gasteiger partial charge on any atom is -0.309 e. The predicted molar refractivity (Wildman–Crippen MR) is 86.2 cm³/mol. The van der Waals surface area contributed by atoms with E-state index in [1.807, 2.05) is 19.2 Å². The van der Waals surface area contributed by atoms with Crippen molar-refractivity contribution in [2.45, 2.75) is 13.0 Å². The molecule has 4 heteroatoms. The minimum absolute atomic E-state index is 0.0168. The van der Waals surface area contributed by atoms with Crippen LogP contribution in [0.1, 0.15) is 22.7 Å². The molecular weight excluding hydrogens is 345 g/mol. The van der Waals surface area contributed by atoms with Crippen LogP contribution in [0.3, 0.4) is 0 Å². The van der Waals surface area contributed by atoms with Gasteiger partial charge in [0.15, 0.2) is 0 Å². The van der Waals surface area contributed by atoms with Crippen molar-refractivity contribution >= 4 is 39.1 Å². The van der Waals surface area contributed by atoms with Crippen molar-refractivity contribution in [3.8, 4) is 0 Å². The highest BCUT2D eigenvalue weighted by atomic mass is 79.9. The molecule has 19 heavy (non-hydrogen) atoms. The van der Waals surface area contributed by atoms with Crippen LogP contribution in [0.2, 0.25) is 10.0 Å². The van der Waals surface area contributed by atoms with E-state index in [-0.39, 0.29) is 6.04 Å². The Morgan fingerprint density at radius 3 is 2.47 bits per heavy atom. The fraction of sp³-hybridized carbons (Fsp3) is 0.200. The summed E-state index contributed by atoms with van der Waals surface area (Å²) in [5.41, 5.74) is 3.33. The molecule has 0 aliphatic rings. The summed E-state index contributed by atoms with van der Waals surface area (Å²) in [5.74, 6) is 0. The largest absolute Gasteiger partial charge is 0.309 e. The maximum Gasteiger partial charge on any atom is 0.0589 e. The van der Waals surface area contributed by atoms with Crippen LogP contribution in [0.25, 0.3) is 0 Å². The van der Waals surface area contributed by atoms with Crippen molar-refractivity contribution in [1.82, 2.24) is 5.32 Å². The predicted octanol–water partition coefficient (Wildman–Crippen LogP) is 5.37. The standard InChI is InChI=1S/C15H14BrCl2N/c1-9-3-4-10(7-13(9)16)15(19-2)12-8-11(17)5-6-14(12)18/h3-8,15,19H,1-2H3. The Morgan fingerprint density at radius 2 is 1.84 bits per heavy atom. The summed E-state index contributed by atoms with van der Waals surface area (Å²) in [6, 6.07) is 11.8. The number of benzene rings is 2. The van der Waals surface area contributed by atoms with Gasteiger partial charge in [-0.15, -0.1) is 0 Å². The van der Waals surface area contributed by atoms with Gasteiger partial charge in [0, 0.05) is 14.5 Å². The highest BCUT2D eigenvalue weighted by molar-refractivity contribution is 9.10. The zero-order valence-electron chi connectivity index (χ0n) is 10.7. The number of aryl methyl sites for hydroxylation is 1. The van der Waals surface area contributed by atoms with Crippen molar-refractivity contribution in [2.75, 3.05) is 7.05 Å². The first kappa shape index (κ1) is 14.9. The lowest BCUT2D eigenvalue weighted by Gasteiger charge is -2.19. The smallest absolute Gasteiger partial charge is 0.0589 e. The SMILES string of the molecule is CNC(c1ccc(C)c(Br)c1)c1cc(Cl)ccc1Cl. The van der Waals surface area contributed by atoms with Crippen LogP contribution in [0.15, 0.2) is 40.9 Å². The second kappa shape index (κ2) is 6.27. The summed E-state index contributed by atoms with van der Waals surface area (Å²) in [4.78, 5) is 0. The maximum absolute atomic E-state index is 6.28. The molecule has 1 atom stereocenters. The lowest BCUT2D eigenvalue weighted by Crippen LogP contribution is -2.18. The minimum atomic E-state index is 0.0168. The Morgan fingerprint density at radius 1 is 1.11 bits per heavy atom. The molecule has 2 rings (SSSR count). The number of halogens is 3. The van der Waals surface area contributed by atoms with E-state index in [4.69, 9.17) is 23.2 Å². The van der Waals surface area contributed by atoms with Gasteiger partial charge in [0.25, 0.3) is 0 Å². The molecule has 0 fully saturated rings. The highest BCUT2D eigenvalue weighted by Crippen LogP contribution is 2.32. The molecule has 0 aliphatic carbocycles. The van der Waals surface area contributed by atoms with Gasteiger partial charge in [-0.2, -0.15) is 0 Å². The second-order valence-corrected chi connectivity index (χ2v) is 6.09. The zero-order chi connectivity index (χ0) is 14.0. The van der Waals surface area contributed by atoms with Crippen LogP contribution in [-0.2, 0) is 0 Å². The van der Waals surface area contributed by atoms with Crippen molar-refractivity contribution in [2.24, 2.45) is 0 Å². The Balaban J connectivity index is 2.49. The third-order valence-electron chi connectivity index (χ3n) is 3.09. The summed E-state index contributed by atoms with van der Waals surface area (Å²) in [7, 11) is 1.91. The molecule has 0 bridgehead atoms. The van der Waals surface area contributed by atoms with Gasteiger partial charge in [-0.3, -0.25) is 0 Å². The third-order valence-corrected chi connectivity index (χ3v) is 4.52. The van der Waals surface area contributed by atoms with E-state index in [1.54, 1.807) is 6.07 Å². The molecule has 0 radical (unpaired) electrons. The van der Waals surface area contributed by atoms with E-state index in [0.717, 1.165) is 15.6 Å². The van der Waals surface area contributed by atoms with E-state index >= 15 is 0 Å². The maximum atomic E-state index is 6.28. The summed E-state index contributed by atoms with van der Waals surface area (Å²) in [5, 5.41) is 4.68. The van der Waals surface area contributed by atoms with Gasteiger partial charge < -0.3 is 5.32 Å². The van der Waals surface area contributed by atoms with Crippen LogP contribution in [0.5, 0.6) is 0 Å². The first-order chi connectivity index (χ1) is 9.02. The van der Waals surface area contributed by atoms with E-state index in [9.17, 15) is 0 Å². The summed E-state index contributed by atoms with van der Waals surface area (Å²) >= 11 is 15.9. The fourth-order valence-corrected chi connectivity index (χ4v) is 2.83. The molecule has 1 unspecified atom stereocenters. The van der Waals surface area contributed by atoms with Crippen molar-refractivity contribution in [3.05, 3.63) is 67.6 Å². The van der Waals surface area contributed by atoms with Gasteiger partial charge in [0.2, 0.25) is 0 Å². The number of hydrogen-bond acceptors (Lipinski definition) is 1. The molecule has 100 valence electrons. The van der Waals surface area contributed by atoms with E-state index in [1.165, 1.54) is 5.56 Å². The average molecular weight is 359 g/mol. The topological polar surface area (TPSA) is 12.0 Å². The van der Waals surface area contributed by atoms with Crippen molar-refractivity contribution in [1.29, 1.82) is 0 Å². The Bertz CT molecular complexity index is 599. The van der Waals surface area contributed by atoms with E-state index < -0.39 is 0 Å². The molecule has 1 nitrogen and oxygen atoms in total. The molecule has 0 aromatic heterocycles.